The molecule has 3 aromatic carbocycles. The molecule has 202 valence electrons. The Labute approximate surface area is 227 Å². The molecule has 7 nitrogen and oxygen atoms in total. The SMILES string of the molecule is CCOC(=O)c1ccc(NC(=O)C(CC)Oc2c(-c3ccc(C(C)(C)C)cc3)oc3ccccc3c2=O)cc1. The third kappa shape index (κ3) is 6.20. The molecule has 0 spiro atoms. The van der Waals surface area contributed by atoms with Crippen LogP contribution in [0.3, 0.4) is 0 Å². The molecule has 0 bridgehead atoms. The van der Waals surface area contributed by atoms with Crippen molar-refractivity contribution in [1.29, 1.82) is 0 Å². The predicted octanol–water partition coefficient (Wildman–Crippen LogP) is 6.73. The molecule has 4 aromatic rings. The molecule has 1 atom stereocenters. The number of para-hydroxylation sites is 1. The molecular weight excluding hydrogens is 494 g/mol. The van der Waals surface area contributed by atoms with Gasteiger partial charge in [0.2, 0.25) is 11.2 Å². The van der Waals surface area contributed by atoms with E-state index in [0.29, 0.717) is 34.2 Å². The van der Waals surface area contributed by atoms with Crippen LogP contribution in [-0.2, 0) is 14.9 Å². The predicted molar refractivity (Wildman–Crippen MR) is 152 cm³/mol. The zero-order valence-electron chi connectivity index (χ0n) is 22.9. The lowest BCUT2D eigenvalue weighted by atomic mass is 9.86. The number of fused-ring (bicyclic) bond motifs is 1. The minimum absolute atomic E-state index is 0.0168. The molecular formula is C32H33NO6. The lowest BCUT2D eigenvalue weighted by molar-refractivity contribution is -0.122. The third-order valence-electron chi connectivity index (χ3n) is 6.36. The molecule has 7 heteroatoms. The van der Waals surface area contributed by atoms with E-state index < -0.39 is 18.0 Å². The highest BCUT2D eigenvalue weighted by atomic mass is 16.5. The topological polar surface area (TPSA) is 94.8 Å². The van der Waals surface area contributed by atoms with Crippen LogP contribution in [0.4, 0.5) is 5.69 Å². The van der Waals surface area contributed by atoms with Crippen LogP contribution >= 0.6 is 0 Å². The van der Waals surface area contributed by atoms with Gasteiger partial charge in [-0.2, -0.15) is 0 Å². The van der Waals surface area contributed by atoms with Crippen LogP contribution in [-0.4, -0.2) is 24.6 Å². The number of esters is 1. The second-order valence-corrected chi connectivity index (χ2v) is 10.2. The first-order valence-electron chi connectivity index (χ1n) is 13.0. The standard InChI is InChI=1S/C32H33NO6/c1-6-25(30(35)33-23-18-14-21(15-19-23)31(36)37-7-2)38-29-27(34)24-10-8-9-11-26(24)39-28(29)20-12-16-22(17-13-20)32(3,4)5/h8-19,25H,6-7H2,1-5H3,(H,33,35). The van der Waals surface area contributed by atoms with E-state index in [9.17, 15) is 14.4 Å². The molecule has 0 fully saturated rings. The maximum Gasteiger partial charge on any atom is 0.338 e. The second kappa shape index (κ2) is 11.6. The van der Waals surface area contributed by atoms with Crippen molar-refractivity contribution in [2.45, 2.75) is 52.6 Å². The molecule has 1 amide bonds. The minimum Gasteiger partial charge on any atom is -0.473 e. The molecule has 4 rings (SSSR count). The Bertz CT molecular complexity index is 1530. The van der Waals surface area contributed by atoms with Crippen molar-refractivity contribution in [2.75, 3.05) is 11.9 Å². The van der Waals surface area contributed by atoms with Gasteiger partial charge in [-0.05, 0) is 60.7 Å². The van der Waals surface area contributed by atoms with Gasteiger partial charge in [0, 0.05) is 11.3 Å². The summed E-state index contributed by atoms with van der Waals surface area (Å²) in [5, 5.41) is 3.17. The number of carbonyl (C=O) groups is 2. The Morgan fingerprint density at radius 3 is 2.21 bits per heavy atom. The molecule has 1 unspecified atom stereocenters. The summed E-state index contributed by atoms with van der Waals surface area (Å²) in [7, 11) is 0. The van der Waals surface area contributed by atoms with Crippen molar-refractivity contribution in [3.8, 4) is 17.1 Å². The fourth-order valence-corrected chi connectivity index (χ4v) is 4.13. The van der Waals surface area contributed by atoms with Crippen molar-refractivity contribution in [2.24, 2.45) is 0 Å². The van der Waals surface area contributed by atoms with E-state index in [1.165, 1.54) is 0 Å². The number of nitrogens with one attached hydrogen (secondary N) is 1. The number of ether oxygens (including phenoxy) is 2. The third-order valence-corrected chi connectivity index (χ3v) is 6.36. The monoisotopic (exact) mass is 527 g/mol. The molecule has 0 radical (unpaired) electrons. The van der Waals surface area contributed by atoms with Gasteiger partial charge in [0.1, 0.15) is 5.58 Å². The smallest absolute Gasteiger partial charge is 0.338 e. The van der Waals surface area contributed by atoms with Crippen LogP contribution in [0.5, 0.6) is 5.75 Å². The number of carbonyl (C=O) groups excluding carboxylic acids is 2. The van der Waals surface area contributed by atoms with Gasteiger partial charge in [0.15, 0.2) is 11.9 Å². The Morgan fingerprint density at radius 2 is 1.59 bits per heavy atom. The van der Waals surface area contributed by atoms with Gasteiger partial charge in [0.05, 0.1) is 17.6 Å². The van der Waals surface area contributed by atoms with Crippen LogP contribution in [0.1, 0.15) is 57.0 Å². The molecule has 1 heterocycles. The van der Waals surface area contributed by atoms with Crippen LogP contribution in [0.15, 0.2) is 82.0 Å². The van der Waals surface area contributed by atoms with Crippen LogP contribution < -0.4 is 15.5 Å². The molecule has 1 N–H and O–H groups in total. The molecule has 0 aliphatic carbocycles. The van der Waals surface area contributed by atoms with Crippen molar-refractivity contribution in [3.63, 3.8) is 0 Å². The molecule has 1 aromatic heterocycles. The summed E-state index contributed by atoms with van der Waals surface area (Å²) in [6.07, 6.45) is -0.659. The Hall–Kier alpha value is -4.39. The number of benzene rings is 3. The lowest BCUT2D eigenvalue weighted by Gasteiger charge is -2.20. The summed E-state index contributed by atoms with van der Waals surface area (Å²) >= 11 is 0. The first kappa shape index (κ1) is 27.6. The molecule has 39 heavy (non-hydrogen) atoms. The molecule has 0 aliphatic rings. The quantitative estimate of drug-likeness (QED) is 0.255. The van der Waals surface area contributed by atoms with Gasteiger partial charge in [-0.3, -0.25) is 9.59 Å². The molecule has 0 saturated carbocycles. The highest BCUT2D eigenvalue weighted by Crippen LogP contribution is 2.33. The normalized spacial score (nSPS) is 12.1. The molecule has 0 aliphatic heterocycles. The summed E-state index contributed by atoms with van der Waals surface area (Å²) < 4.78 is 17.3. The van der Waals surface area contributed by atoms with Crippen LogP contribution in [0.25, 0.3) is 22.3 Å². The number of amides is 1. The summed E-state index contributed by atoms with van der Waals surface area (Å²) in [6, 6.07) is 21.1. The van der Waals surface area contributed by atoms with E-state index in [2.05, 4.69) is 26.1 Å². The van der Waals surface area contributed by atoms with Gasteiger partial charge in [-0.25, -0.2) is 4.79 Å². The number of anilines is 1. The van der Waals surface area contributed by atoms with Gasteiger partial charge in [0.25, 0.3) is 5.91 Å². The van der Waals surface area contributed by atoms with E-state index in [-0.39, 0.29) is 29.0 Å². The second-order valence-electron chi connectivity index (χ2n) is 10.2. The van der Waals surface area contributed by atoms with Gasteiger partial charge >= 0.3 is 5.97 Å². The minimum atomic E-state index is -0.966. The van der Waals surface area contributed by atoms with E-state index in [4.69, 9.17) is 13.9 Å². The zero-order valence-corrected chi connectivity index (χ0v) is 22.9. The fraction of sp³-hybridized carbons (Fsp3) is 0.281. The largest absolute Gasteiger partial charge is 0.473 e. The Balaban J connectivity index is 1.66. The van der Waals surface area contributed by atoms with Crippen LogP contribution in [0.2, 0.25) is 0 Å². The van der Waals surface area contributed by atoms with E-state index in [0.717, 1.165) is 5.56 Å². The van der Waals surface area contributed by atoms with Crippen molar-refractivity contribution >= 4 is 28.5 Å². The average molecular weight is 528 g/mol. The number of hydrogen-bond acceptors (Lipinski definition) is 6. The van der Waals surface area contributed by atoms with Gasteiger partial charge in [-0.15, -0.1) is 0 Å². The summed E-state index contributed by atoms with van der Waals surface area (Å²) in [5.41, 5.74) is 2.72. The first-order chi connectivity index (χ1) is 18.6. The summed E-state index contributed by atoms with van der Waals surface area (Å²) in [6.45, 7) is 10.2. The Morgan fingerprint density at radius 1 is 0.923 bits per heavy atom. The number of hydrogen-bond donors (Lipinski definition) is 1. The van der Waals surface area contributed by atoms with E-state index in [1.807, 2.05) is 24.3 Å². The first-order valence-corrected chi connectivity index (χ1v) is 13.0. The van der Waals surface area contributed by atoms with Crippen molar-refractivity contribution in [1.82, 2.24) is 0 Å². The highest BCUT2D eigenvalue weighted by Gasteiger charge is 2.25. The summed E-state index contributed by atoms with van der Waals surface area (Å²) in [4.78, 5) is 38.7. The maximum atomic E-state index is 13.6. The Kier molecular flexibility index (Phi) is 8.19. The zero-order chi connectivity index (χ0) is 28.2. The lowest BCUT2D eigenvalue weighted by Crippen LogP contribution is -2.34. The maximum absolute atomic E-state index is 13.6. The summed E-state index contributed by atoms with van der Waals surface area (Å²) in [5.74, 6) is -0.611. The van der Waals surface area contributed by atoms with E-state index in [1.54, 1.807) is 62.4 Å². The van der Waals surface area contributed by atoms with Gasteiger partial charge < -0.3 is 19.2 Å². The van der Waals surface area contributed by atoms with E-state index >= 15 is 0 Å². The fourth-order valence-electron chi connectivity index (χ4n) is 4.13. The number of rotatable bonds is 8. The average Bonchev–Trinajstić information content (AvgIpc) is 2.92. The van der Waals surface area contributed by atoms with Gasteiger partial charge in [-0.1, -0.05) is 64.1 Å². The van der Waals surface area contributed by atoms with Crippen LogP contribution in [0, 0.1) is 0 Å². The van der Waals surface area contributed by atoms with Crippen molar-refractivity contribution in [3.05, 3.63) is 94.1 Å². The van der Waals surface area contributed by atoms with Crippen molar-refractivity contribution < 1.29 is 23.5 Å². The highest BCUT2D eigenvalue weighted by molar-refractivity contribution is 5.95. The molecule has 0 saturated heterocycles.